The van der Waals surface area contributed by atoms with Crippen LogP contribution < -0.4 is 5.32 Å². The number of fused-ring (bicyclic) bond motifs is 1. The van der Waals surface area contributed by atoms with Crippen molar-refractivity contribution in [1.82, 2.24) is 14.9 Å². The van der Waals surface area contributed by atoms with Crippen LogP contribution in [0.5, 0.6) is 0 Å². The van der Waals surface area contributed by atoms with Crippen molar-refractivity contribution in [3.8, 4) is 11.4 Å². The van der Waals surface area contributed by atoms with Gasteiger partial charge in [-0.05, 0) is 24.3 Å². The topological polar surface area (TPSA) is 46.9 Å². The van der Waals surface area contributed by atoms with Gasteiger partial charge >= 0.3 is 6.18 Å². The van der Waals surface area contributed by atoms with Crippen LogP contribution in [-0.2, 0) is 11.3 Å². The van der Waals surface area contributed by atoms with Gasteiger partial charge in [0.2, 0.25) is 5.91 Å². The van der Waals surface area contributed by atoms with Crippen LogP contribution in [0.3, 0.4) is 0 Å². The predicted molar refractivity (Wildman–Crippen MR) is 94.3 cm³/mol. The van der Waals surface area contributed by atoms with E-state index < -0.39 is 18.6 Å². The molecule has 0 aliphatic rings. The van der Waals surface area contributed by atoms with Gasteiger partial charge in [-0.2, -0.15) is 13.2 Å². The Morgan fingerprint density at radius 3 is 2.58 bits per heavy atom. The van der Waals surface area contributed by atoms with Gasteiger partial charge in [0.25, 0.3) is 0 Å². The minimum atomic E-state index is -4.48. The molecule has 0 aliphatic carbocycles. The third-order valence-electron chi connectivity index (χ3n) is 3.63. The number of hydrogen-bond donors (Lipinski definition) is 1. The van der Waals surface area contributed by atoms with Gasteiger partial charge in [-0.3, -0.25) is 4.79 Å². The minimum absolute atomic E-state index is 0.251. The molecule has 0 saturated carbocycles. The van der Waals surface area contributed by atoms with E-state index in [1.165, 1.54) is 4.57 Å². The molecule has 1 N–H and O–H groups in total. The number of para-hydroxylation sites is 2. The van der Waals surface area contributed by atoms with Crippen LogP contribution in [0, 0.1) is 0 Å². The summed E-state index contributed by atoms with van der Waals surface area (Å²) in [6.07, 6.45) is -4.48. The summed E-state index contributed by atoms with van der Waals surface area (Å²) in [5.74, 6) is -0.439. The number of aromatic nitrogens is 2. The fourth-order valence-electron chi connectivity index (χ4n) is 2.52. The van der Waals surface area contributed by atoms with Crippen LogP contribution in [0.25, 0.3) is 22.4 Å². The summed E-state index contributed by atoms with van der Waals surface area (Å²) in [4.78, 5) is 16.5. The molecular formula is C17H12Cl2F3N3O. The van der Waals surface area contributed by atoms with Crippen molar-refractivity contribution in [3.05, 3.63) is 52.5 Å². The Bertz CT molecular complexity index is 970. The van der Waals surface area contributed by atoms with Gasteiger partial charge in [0.15, 0.2) is 0 Å². The molecule has 1 amide bonds. The molecule has 0 atom stereocenters. The molecule has 26 heavy (non-hydrogen) atoms. The summed E-state index contributed by atoms with van der Waals surface area (Å²) in [6.45, 7) is -1.74. The fourth-order valence-corrected chi connectivity index (χ4v) is 2.90. The van der Waals surface area contributed by atoms with Gasteiger partial charge < -0.3 is 9.88 Å². The zero-order chi connectivity index (χ0) is 18.9. The number of halogens is 5. The maximum absolute atomic E-state index is 12.3. The highest BCUT2D eigenvalue weighted by Crippen LogP contribution is 2.34. The second-order valence-electron chi connectivity index (χ2n) is 5.50. The number of carbonyl (C=O) groups excluding carboxylic acids is 1. The van der Waals surface area contributed by atoms with Crippen molar-refractivity contribution in [3.63, 3.8) is 0 Å². The molecule has 4 nitrogen and oxygen atoms in total. The number of amides is 1. The van der Waals surface area contributed by atoms with Gasteiger partial charge in [0, 0.05) is 5.56 Å². The van der Waals surface area contributed by atoms with Crippen molar-refractivity contribution >= 4 is 40.1 Å². The van der Waals surface area contributed by atoms with E-state index in [2.05, 4.69) is 4.98 Å². The summed E-state index contributed by atoms with van der Waals surface area (Å²) < 4.78 is 38.5. The Hall–Kier alpha value is -2.25. The maximum atomic E-state index is 12.3. The number of imidazole rings is 1. The molecule has 1 aromatic heterocycles. The standard InChI is InChI=1S/C17H12Cl2F3N3O/c18-11-5-3-4-10(15(11)19)16-24-12-6-1-2-7-13(12)25(16)8-14(26)23-9-17(20,21)22/h1-7H,8-9H2,(H,23,26). The molecule has 2 aromatic carbocycles. The van der Waals surface area contributed by atoms with Gasteiger partial charge in [-0.1, -0.05) is 41.4 Å². The van der Waals surface area contributed by atoms with Gasteiger partial charge in [0.1, 0.15) is 18.9 Å². The summed E-state index contributed by atoms with van der Waals surface area (Å²) in [5, 5.41) is 2.42. The van der Waals surface area contributed by atoms with Gasteiger partial charge in [0.05, 0.1) is 21.1 Å². The Balaban J connectivity index is 2.03. The fraction of sp³-hybridized carbons (Fsp3) is 0.176. The van der Waals surface area contributed by atoms with Gasteiger partial charge in [-0.25, -0.2) is 4.98 Å². The van der Waals surface area contributed by atoms with E-state index in [4.69, 9.17) is 23.2 Å². The number of alkyl halides is 3. The smallest absolute Gasteiger partial charge is 0.345 e. The average molecular weight is 402 g/mol. The molecule has 0 bridgehead atoms. The van der Waals surface area contributed by atoms with Crippen LogP contribution in [0.4, 0.5) is 13.2 Å². The molecule has 0 unspecified atom stereocenters. The van der Waals surface area contributed by atoms with E-state index >= 15 is 0 Å². The lowest BCUT2D eigenvalue weighted by molar-refractivity contribution is -0.138. The van der Waals surface area contributed by atoms with E-state index in [1.54, 1.807) is 42.5 Å². The highest BCUT2D eigenvalue weighted by molar-refractivity contribution is 6.43. The molecule has 9 heteroatoms. The van der Waals surface area contributed by atoms with Crippen LogP contribution in [0.2, 0.25) is 10.0 Å². The quantitative estimate of drug-likeness (QED) is 0.689. The van der Waals surface area contributed by atoms with Crippen molar-refractivity contribution in [1.29, 1.82) is 0 Å². The lowest BCUT2D eigenvalue weighted by atomic mass is 10.2. The zero-order valence-electron chi connectivity index (χ0n) is 13.1. The van der Waals surface area contributed by atoms with Crippen molar-refractivity contribution in [2.24, 2.45) is 0 Å². The predicted octanol–water partition coefficient (Wildman–Crippen LogP) is 4.69. The first-order chi connectivity index (χ1) is 12.3. The molecular weight excluding hydrogens is 390 g/mol. The lowest BCUT2D eigenvalue weighted by Gasteiger charge is -2.12. The third kappa shape index (κ3) is 3.94. The summed E-state index contributed by atoms with van der Waals surface area (Å²) in [7, 11) is 0. The van der Waals surface area contributed by atoms with Crippen LogP contribution in [0.15, 0.2) is 42.5 Å². The zero-order valence-corrected chi connectivity index (χ0v) is 14.7. The largest absolute Gasteiger partial charge is 0.405 e. The Labute approximate surface area is 156 Å². The molecule has 0 saturated heterocycles. The van der Waals surface area contributed by atoms with E-state index in [9.17, 15) is 18.0 Å². The van der Waals surface area contributed by atoms with Crippen molar-refractivity contribution in [2.75, 3.05) is 6.54 Å². The minimum Gasteiger partial charge on any atom is -0.345 e. The number of rotatable bonds is 4. The molecule has 3 aromatic rings. The van der Waals surface area contributed by atoms with E-state index in [0.29, 0.717) is 27.4 Å². The molecule has 1 heterocycles. The molecule has 0 spiro atoms. The highest BCUT2D eigenvalue weighted by Gasteiger charge is 2.28. The summed E-state index contributed by atoms with van der Waals surface area (Å²) in [5.41, 5.74) is 1.67. The van der Waals surface area contributed by atoms with E-state index in [1.807, 2.05) is 5.32 Å². The number of carbonyl (C=O) groups is 1. The molecule has 3 rings (SSSR count). The van der Waals surface area contributed by atoms with Gasteiger partial charge in [-0.15, -0.1) is 0 Å². The Morgan fingerprint density at radius 1 is 1.12 bits per heavy atom. The summed E-state index contributed by atoms with van der Waals surface area (Å²) in [6, 6.07) is 11.9. The Kier molecular flexibility index (Phi) is 5.11. The maximum Gasteiger partial charge on any atom is 0.405 e. The molecule has 0 radical (unpaired) electrons. The number of benzene rings is 2. The van der Waals surface area contributed by atoms with Crippen LogP contribution in [-0.4, -0.2) is 28.2 Å². The normalized spacial score (nSPS) is 11.7. The van der Waals surface area contributed by atoms with Crippen LogP contribution >= 0.6 is 23.2 Å². The molecule has 0 aliphatic heterocycles. The first-order valence-electron chi connectivity index (χ1n) is 7.49. The number of nitrogens with zero attached hydrogens (tertiary/aromatic N) is 2. The SMILES string of the molecule is O=C(Cn1c(-c2cccc(Cl)c2Cl)nc2ccccc21)NCC(F)(F)F. The van der Waals surface area contributed by atoms with E-state index in [-0.39, 0.29) is 11.6 Å². The number of nitrogens with one attached hydrogen (secondary N) is 1. The van der Waals surface area contributed by atoms with E-state index in [0.717, 1.165) is 0 Å². The molecule has 0 fully saturated rings. The second-order valence-corrected chi connectivity index (χ2v) is 6.29. The number of hydrogen-bond acceptors (Lipinski definition) is 2. The first-order valence-corrected chi connectivity index (χ1v) is 8.25. The lowest BCUT2D eigenvalue weighted by Crippen LogP contribution is -2.35. The monoisotopic (exact) mass is 401 g/mol. The molecule has 136 valence electrons. The van der Waals surface area contributed by atoms with Crippen LogP contribution in [0.1, 0.15) is 0 Å². The highest BCUT2D eigenvalue weighted by atomic mass is 35.5. The Morgan fingerprint density at radius 2 is 1.85 bits per heavy atom. The third-order valence-corrected chi connectivity index (χ3v) is 4.45. The van der Waals surface area contributed by atoms with Crippen molar-refractivity contribution in [2.45, 2.75) is 12.7 Å². The average Bonchev–Trinajstić information content (AvgIpc) is 2.93. The van der Waals surface area contributed by atoms with Crippen molar-refractivity contribution < 1.29 is 18.0 Å². The second kappa shape index (κ2) is 7.17. The first kappa shape index (κ1) is 18.5. The summed E-state index contributed by atoms with van der Waals surface area (Å²) >= 11 is 12.3.